The number of hydrogen-bond donors (Lipinski definition) is 1. The second kappa shape index (κ2) is 4.93. The van der Waals surface area contributed by atoms with Gasteiger partial charge in [0.25, 0.3) is 0 Å². The summed E-state index contributed by atoms with van der Waals surface area (Å²) in [6.45, 7) is 6.96. The summed E-state index contributed by atoms with van der Waals surface area (Å²) in [6.07, 6.45) is 1.71. The van der Waals surface area contributed by atoms with Crippen LogP contribution < -0.4 is 5.32 Å². The van der Waals surface area contributed by atoms with Crippen LogP contribution in [-0.4, -0.2) is 19.7 Å². The van der Waals surface area contributed by atoms with Crippen molar-refractivity contribution in [2.45, 2.75) is 33.4 Å². The molecule has 0 aliphatic carbocycles. The molecule has 0 aliphatic rings. The van der Waals surface area contributed by atoms with E-state index < -0.39 is 0 Å². The van der Waals surface area contributed by atoms with Crippen LogP contribution in [0, 0.1) is 13.8 Å². The quantitative estimate of drug-likeness (QED) is 0.899. The molecule has 0 aromatic carbocycles. The normalized spacial score (nSPS) is 12.9. The van der Waals surface area contributed by atoms with E-state index in [1.165, 1.54) is 4.88 Å². The molecule has 6 heteroatoms. The van der Waals surface area contributed by atoms with Gasteiger partial charge in [0, 0.05) is 18.0 Å². The van der Waals surface area contributed by atoms with Crippen molar-refractivity contribution < 1.29 is 0 Å². The van der Waals surface area contributed by atoms with Crippen molar-refractivity contribution in [1.82, 2.24) is 25.1 Å². The fourth-order valence-electron chi connectivity index (χ4n) is 1.75. The second-order valence-corrected chi connectivity index (χ2v) is 5.38. The first-order valence-electron chi connectivity index (χ1n) is 5.58. The minimum Gasteiger partial charge on any atom is -0.320 e. The van der Waals surface area contributed by atoms with Crippen molar-refractivity contribution in [3.8, 4) is 0 Å². The van der Waals surface area contributed by atoms with Gasteiger partial charge in [0.1, 0.15) is 12.2 Å². The van der Waals surface area contributed by atoms with E-state index in [2.05, 4.69) is 34.3 Å². The van der Waals surface area contributed by atoms with Crippen LogP contribution in [0.15, 0.2) is 6.33 Å². The first-order chi connectivity index (χ1) is 8.08. The van der Waals surface area contributed by atoms with E-state index in [1.807, 2.05) is 18.5 Å². The third-order valence-electron chi connectivity index (χ3n) is 2.70. The summed E-state index contributed by atoms with van der Waals surface area (Å²) < 4.78 is 1.92. The number of nitrogens with zero attached hydrogens (tertiary/aromatic N) is 4. The predicted octanol–water partition coefficient (Wildman–Crippen LogP) is 1.74. The van der Waals surface area contributed by atoms with Crippen molar-refractivity contribution in [2.75, 3.05) is 0 Å². The molecule has 2 aromatic heterocycles. The molecule has 2 aromatic rings. The summed E-state index contributed by atoms with van der Waals surface area (Å²) in [5.74, 6) is 0.941. The lowest BCUT2D eigenvalue weighted by Crippen LogP contribution is -2.20. The van der Waals surface area contributed by atoms with Gasteiger partial charge in [-0.2, -0.15) is 0 Å². The lowest BCUT2D eigenvalue weighted by atomic mass is 10.2. The minimum absolute atomic E-state index is 0.290. The van der Waals surface area contributed by atoms with Gasteiger partial charge in [0.05, 0.1) is 17.2 Å². The molecule has 1 N–H and O–H groups in total. The molecule has 5 nitrogen and oxygen atoms in total. The van der Waals surface area contributed by atoms with Crippen molar-refractivity contribution in [3.05, 3.63) is 27.7 Å². The van der Waals surface area contributed by atoms with E-state index in [9.17, 15) is 0 Å². The maximum Gasteiger partial charge on any atom is 0.146 e. The predicted molar refractivity (Wildman–Crippen MR) is 67.8 cm³/mol. The summed E-state index contributed by atoms with van der Waals surface area (Å²) in [7, 11) is 1.95. The van der Waals surface area contributed by atoms with Crippen LogP contribution in [0.4, 0.5) is 0 Å². The maximum absolute atomic E-state index is 4.44. The van der Waals surface area contributed by atoms with Crippen LogP contribution in [0.25, 0.3) is 0 Å². The van der Waals surface area contributed by atoms with E-state index >= 15 is 0 Å². The van der Waals surface area contributed by atoms with Gasteiger partial charge in [0.15, 0.2) is 0 Å². The van der Waals surface area contributed by atoms with Crippen LogP contribution >= 0.6 is 11.3 Å². The third-order valence-corrected chi connectivity index (χ3v) is 3.96. The molecule has 0 aliphatic heterocycles. The monoisotopic (exact) mass is 251 g/mol. The fourth-order valence-corrected chi connectivity index (χ4v) is 2.71. The highest BCUT2D eigenvalue weighted by Crippen LogP contribution is 2.24. The summed E-state index contributed by atoms with van der Waals surface area (Å²) >= 11 is 1.75. The van der Waals surface area contributed by atoms with Crippen molar-refractivity contribution >= 4 is 11.3 Å². The van der Waals surface area contributed by atoms with Gasteiger partial charge in [-0.25, -0.2) is 4.98 Å². The Morgan fingerprint density at radius 1 is 1.47 bits per heavy atom. The van der Waals surface area contributed by atoms with E-state index in [4.69, 9.17) is 0 Å². The molecule has 0 spiro atoms. The third kappa shape index (κ3) is 2.70. The molecule has 0 bridgehead atoms. The van der Waals surface area contributed by atoms with Gasteiger partial charge in [0.2, 0.25) is 0 Å². The van der Waals surface area contributed by atoms with Gasteiger partial charge >= 0.3 is 0 Å². The molecule has 0 saturated carbocycles. The largest absolute Gasteiger partial charge is 0.320 e. The Bertz CT molecular complexity index is 502. The van der Waals surface area contributed by atoms with Crippen LogP contribution in [0.5, 0.6) is 0 Å². The van der Waals surface area contributed by atoms with Gasteiger partial charge in [-0.3, -0.25) is 0 Å². The Morgan fingerprint density at radius 2 is 2.24 bits per heavy atom. The van der Waals surface area contributed by atoms with Gasteiger partial charge < -0.3 is 9.88 Å². The number of rotatable bonds is 4. The topological polar surface area (TPSA) is 55.6 Å². The molecular weight excluding hydrogens is 234 g/mol. The molecule has 2 heterocycles. The molecule has 1 atom stereocenters. The van der Waals surface area contributed by atoms with E-state index in [0.29, 0.717) is 6.54 Å². The molecule has 1 unspecified atom stereocenters. The molecule has 0 saturated heterocycles. The molecule has 0 fully saturated rings. The van der Waals surface area contributed by atoms with Crippen LogP contribution in [-0.2, 0) is 13.6 Å². The van der Waals surface area contributed by atoms with Crippen molar-refractivity contribution in [3.63, 3.8) is 0 Å². The Balaban J connectivity index is 2.00. The van der Waals surface area contributed by atoms with Gasteiger partial charge in [-0.15, -0.1) is 21.5 Å². The van der Waals surface area contributed by atoms with Crippen LogP contribution in [0.1, 0.15) is 34.4 Å². The Morgan fingerprint density at radius 3 is 2.76 bits per heavy atom. The summed E-state index contributed by atoms with van der Waals surface area (Å²) in [6, 6.07) is 0.290. The Kier molecular flexibility index (Phi) is 3.54. The molecular formula is C11H17N5S. The number of hydrogen-bond acceptors (Lipinski definition) is 5. The molecule has 0 radical (unpaired) electrons. The van der Waals surface area contributed by atoms with Gasteiger partial charge in [-0.05, 0) is 20.8 Å². The lowest BCUT2D eigenvalue weighted by Gasteiger charge is -2.12. The highest BCUT2D eigenvalue weighted by molar-refractivity contribution is 7.11. The zero-order valence-electron chi connectivity index (χ0n) is 10.6. The van der Waals surface area contributed by atoms with Crippen molar-refractivity contribution in [2.24, 2.45) is 7.05 Å². The van der Waals surface area contributed by atoms with E-state index in [-0.39, 0.29) is 6.04 Å². The highest BCUT2D eigenvalue weighted by Gasteiger charge is 2.13. The second-order valence-electron chi connectivity index (χ2n) is 4.14. The number of thiazole rings is 1. The SMILES string of the molecule is Cc1nc(C)c(C(C)NCc2nncn2C)s1. The zero-order valence-corrected chi connectivity index (χ0v) is 11.4. The van der Waals surface area contributed by atoms with Crippen LogP contribution in [0.3, 0.4) is 0 Å². The number of aromatic nitrogens is 4. The average molecular weight is 251 g/mol. The number of aryl methyl sites for hydroxylation is 3. The molecule has 0 amide bonds. The first kappa shape index (κ1) is 12.2. The maximum atomic E-state index is 4.44. The number of nitrogens with one attached hydrogen (secondary N) is 1. The Labute approximate surface area is 105 Å². The summed E-state index contributed by atoms with van der Waals surface area (Å²) in [5, 5.41) is 12.5. The fraction of sp³-hybridized carbons (Fsp3) is 0.545. The van der Waals surface area contributed by atoms with Crippen LogP contribution in [0.2, 0.25) is 0 Å². The summed E-state index contributed by atoms with van der Waals surface area (Å²) in [4.78, 5) is 5.74. The standard InChI is InChI=1S/C11H17N5S/c1-7(11-8(2)14-9(3)17-11)12-5-10-15-13-6-16(10)4/h6-7,12H,5H2,1-4H3. The first-order valence-corrected chi connectivity index (χ1v) is 6.39. The lowest BCUT2D eigenvalue weighted by molar-refractivity contribution is 0.552. The van der Waals surface area contributed by atoms with Crippen molar-refractivity contribution in [1.29, 1.82) is 0 Å². The molecule has 2 rings (SSSR count). The minimum atomic E-state index is 0.290. The smallest absolute Gasteiger partial charge is 0.146 e. The molecule has 17 heavy (non-hydrogen) atoms. The molecule has 92 valence electrons. The van der Waals surface area contributed by atoms with E-state index in [1.54, 1.807) is 17.7 Å². The Hall–Kier alpha value is -1.27. The zero-order chi connectivity index (χ0) is 12.4. The highest BCUT2D eigenvalue weighted by atomic mass is 32.1. The average Bonchev–Trinajstić information content (AvgIpc) is 2.81. The summed E-state index contributed by atoms with van der Waals surface area (Å²) in [5.41, 5.74) is 1.12. The van der Waals surface area contributed by atoms with E-state index in [0.717, 1.165) is 16.5 Å². The van der Waals surface area contributed by atoms with Gasteiger partial charge in [-0.1, -0.05) is 0 Å².